The third-order valence-electron chi connectivity index (χ3n) is 6.40. The van der Waals surface area contributed by atoms with E-state index >= 15 is 0 Å². The van der Waals surface area contributed by atoms with Crippen LogP contribution < -0.4 is 5.32 Å². The average molecular weight is 453 g/mol. The van der Waals surface area contributed by atoms with Crippen LogP contribution in [0, 0.1) is 0 Å². The Hall–Kier alpha value is -3.35. The van der Waals surface area contributed by atoms with Gasteiger partial charge in [-0.3, -0.25) is 4.79 Å². The predicted octanol–water partition coefficient (Wildman–Crippen LogP) is 4.41. The van der Waals surface area contributed by atoms with Crippen LogP contribution in [0.4, 0.5) is 4.79 Å². The number of carboxylic acids is 1. The average Bonchev–Trinajstić information content (AvgIpc) is 3.11. The zero-order valence-electron chi connectivity index (χ0n) is 19.6. The van der Waals surface area contributed by atoms with Gasteiger partial charge < -0.3 is 20.1 Å². The number of amides is 2. The van der Waals surface area contributed by atoms with Crippen molar-refractivity contribution in [3.05, 3.63) is 59.7 Å². The summed E-state index contributed by atoms with van der Waals surface area (Å²) in [6.45, 7) is 5.36. The standard InChI is InChI=1S/C26H32N2O5/c1-5-15-26(3,24(31)28(4)22(6-2)23(29)30)27-25(32)33-16-21-19-13-9-7-11-17(19)18-12-8-10-14-20(18)21/h7-14,21-22H,5-6,15-16H2,1-4H3,(H,27,32)(H,29,30). The van der Waals surface area contributed by atoms with Gasteiger partial charge in [-0.1, -0.05) is 68.8 Å². The molecule has 7 nitrogen and oxygen atoms in total. The number of alkyl carbamates (subject to hydrolysis) is 1. The first kappa shape index (κ1) is 24.3. The lowest BCUT2D eigenvalue weighted by atomic mass is 9.93. The second-order valence-electron chi connectivity index (χ2n) is 8.71. The summed E-state index contributed by atoms with van der Waals surface area (Å²) < 4.78 is 5.61. The lowest BCUT2D eigenvalue weighted by Gasteiger charge is -2.35. The highest BCUT2D eigenvalue weighted by Crippen LogP contribution is 2.44. The van der Waals surface area contributed by atoms with Gasteiger partial charge in [-0.05, 0) is 42.0 Å². The molecule has 3 rings (SSSR count). The number of nitrogens with zero attached hydrogens (tertiary/aromatic N) is 1. The lowest BCUT2D eigenvalue weighted by Crippen LogP contribution is -2.59. The van der Waals surface area contributed by atoms with Crippen molar-refractivity contribution < 1.29 is 24.2 Å². The second-order valence-corrected chi connectivity index (χ2v) is 8.71. The van der Waals surface area contributed by atoms with Gasteiger partial charge in [0.15, 0.2) is 0 Å². The van der Waals surface area contributed by atoms with Crippen molar-refractivity contribution in [3.63, 3.8) is 0 Å². The van der Waals surface area contributed by atoms with Gasteiger partial charge in [0.25, 0.3) is 0 Å². The van der Waals surface area contributed by atoms with E-state index in [0.717, 1.165) is 22.3 Å². The number of aliphatic carboxylic acids is 1. The molecule has 2 N–H and O–H groups in total. The molecule has 0 saturated heterocycles. The Morgan fingerprint density at radius 3 is 2.09 bits per heavy atom. The molecule has 0 heterocycles. The van der Waals surface area contributed by atoms with Crippen molar-refractivity contribution in [2.45, 2.75) is 57.5 Å². The lowest BCUT2D eigenvalue weighted by molar-refractivity contribution is -0.151. The minimum atomic E-state index is -1.27. The zero-order valence-corrected chi connectivity index (χ0v) is 19.6. The van der Waals surface area contributed by atoms with Crippen molar-refractivity contribution in [1.29, 1.82) is 0 Å². The third kappa shape index (κ3) is 4.87. The van der Waals surface area contributed by atoms with E-state index in [1.165, 1.54) is 11.9 Å². The molecule has 1 aliphatic rings. The highest BCUT2D eigenvalue weighted by atomic mass is 16.5. The molecule has 2 atom stereocenters. The fraction of sp³-hybridized carbons (Fsp3) is 0.423. The zero-order chi connectivity index (χ0) is 24.2. The number of hydrogen-bond acceptors (Lipinski definition) is 4. The van der Waals surface area contributed by atoms with E-state index in [1.54, 1.807) is 13.8 Å². The largest absolute Gasteiger partial charge is 0.480 e. The maximum atomic E-state index is 13.2. The first-order chi connectivity index (χ1) is 15.7. The van der Waals surface area contributed by atoms with Gasteiger partial charge in [0.05, 0.1) is 0 Å². The highest BCUT2D eigenvalue weighted by molar-refractivity contribution is 5.92. The summed E-state index contributed by atoms with van der Waals surface area (Å²) in [5, 5.41) is 12.1. The maximum Gasteiger partial charge on any atom is 0.408 e. The number of carboxylic acid groups (broad SMARTS) is 1. The molecule has 33 heavy (non-hydrogen) atoms. The Morgan fingerprint density at radius 1 is 1.06 bits per heavy atom. The van der Waals surface area contributed by atoms with Gasteiger partial charge in [-0.15, -0.1) is 0 Å². The van der Waals surface area contributed by atoms with Gasteiger partial charge in [0, 0.05) is 13.0 Å². The van der Waals surface area contributed by atoms with Crippen LogP contribution in [-0.2, 0) is 14.3 Å². The summed E-state index contributed by atoms with van der Waals surface area (Å²) in [5.74, 6) is -1.61. The fourth-order valence-electron chi connectivity index (χ4n) is 4.73. The molecule has 2 aromatic rings. The van der Waals surface area contributed by atoms with Crippen molar-refractivity contribution >= 4 is 18.0 Å². The summed E-state index contributed by atoms with van der Waals surface area (Å²) in [4.78, 5) is 38.7. The number of nitrogens with one attached hydrogen (secondary N) is 1. The number of carbonyl (C=O) groups excluding carboxylic acids is 2. The van der Waals surface area contributed by atoms with E-state index in [0.29, 0.717) is 12.8 Å². The fourth-order valence-corrected chi connectivity index (χ4v) is 4.73. The van der Waals surface area contributed by atoms with Gasteiger partial charge in [0.1, 0.15) is 18.2 Å². The second kappa shape index (κ2) is 10.1. The maximum absolute atomic E-state index is 13.2. The number of likely N-dealkylation sites (N-methyl/N-ethyl adjacent to an activating group) is 1. The quantitative estimate of drug-likeness (QED) is 0.588. The van der Waals surface area contributed by atoms with Crippen LogP contribution in [-0.4, -0.2) is 53.2 Å². The van der Waals surface area contributed by atoms with Crippen LogP contribution in [0.25, 0.3) is 11.1 Å². The van der Waals surface area contributed by atoms with Crippen LogP contribution in [0.5, 0.6) is 0 Å². The summed E-state index contributed by atoms with van der Waals surface area (Å²) in [7, 11) is 1.46. The summed E-state index contributed by atoms with van der Waals surface area (Å²) >= 11 is 0. The predicted molar refractivity (Wildman–Crippen MR) is 126 cm³/mol. The Morgan fingerprint density at radius 2 is 1.61 bits per heavy atom. The van der Waals surface area contributed by atoms with Gasteiger partial charge in [-0.25, -0.2) is 9.59 Å². The Kier molecular flexibility index (Phi) is 7.41. The van der Waals surface area contributed by atoms with E-state index in [4.69, 9.17) is 4.74 Å². The minimum absolute atomic E-state index is 0.0876. The molecule has 0 aliphatic heterocycles. The highest BCUT2D eigenvalue weighted by Gasteiger charge is 2.40. The molecule has 0 fully saturated rings. The van der Waals surface area contributed by atoms with E-state index < -0.39 is 29.6 Å². The summed E-state index contributed by atoms with van der Waals surface area (Å²) in [5.41, 5.74) is 3.20. The molecule has 0 spiro atoms. The van der Waals surface area contributed by atoms with Crippen LogP contribution in [0.15, 0.2) is 48.5 Å². The molecule has 176 valence electrons. The Balaban J connectivity index is 1.73. The Bertz CT molecular complexity index is 991. The molecular weight excluding hydrogens is 420 g/mol. The molecule has 7 heteroatoms. The van der Waals surface area contributed by atoms with Gasteiger partial charge in [0.2, 0.25) is 5.91 Å². The van der Waals surface area contributed by atoms with E-state index in [9.17, 15) is 19.5 Å². The summed E-state index contributed by atoms with van der Waals surface area (Å²) in [6.07, 6.45) is 0.558. The molecule has 2 amide bonds. The molecule has 1 aliphatic carbocycles. The van der Waals surface area contributed by atoms with Gasteiger partial charge >= 0.3 is 12.1 Å². The number of ether oxygens (including phenoxy) is 1. The van der Waals surface area contributed by atoms with Crippen molar-refractivity contribution in [1.82, 2.24) is 10.2 Å². The number of hydrogen-bond donors (Lipinski definition) is 2. The minimum Gasteiger partial charge on any atom is -0.480 e. The third-order valence-corrected chi connectivity index (χ3v) is 6.40. The molecule has 0 saturated carbocycles. The molecular formula is C26H32N2O5. The monoisotopic (exact) mass is 452 g/mol. The molecule has 0 radical (unpaired) electrons. The molecule has 0 aromatic heterocycles. The summed E-state index contributed by atoms with van der Waals surface area (Å²) in [6, 6.07) is 15.2. The van der Waals surface area contributed by atoms with Crippen LogP contribution in [0.2, 0.25) is 0 Å². The van der Waals surface area contributed by atoms with E-state index in [2.05, 4.69) is 17.4 Å². The molecule has 2 aromatic carbocycles. The SMILES string of the molecule is CCCC(C)(NC(=O)OCC1c2ccccc2-c2ccccc21)C(=O)N(C)C(CC)C(=O)O. The molecule has 0 bridgehead atoms. The van der Waals surface area contributed by atoms with Crippen molar-refractivity contribution in [2.75, 3.05) is 13.7 Å². The van der Waals surface area contributed by atoms with Crippen LogP contribution in [0.1, 0.15) is 57.1 Å². The number of fused-ring (bicyclic) bond motifs is 3. The molecule has 2 unspecified atom stereocenters. The first-order valence-electron chi connectivity index (χ1n) is 11.4. The first-order valence-corrected chi connectivity index (χ1v) is 11.4. The van der Waals surface area contributed by atoms with Crippen LogP contribution in [0.3, 0.4) is 0 Å². The van der Waals surface area contributed by atoms with Gasteiger partial charge in [-0.2, -0.15) is 0 Å². The smallest absolute Gasteiger partial charge is 0.408 e. The number of rotatable bonds is 9. The normalized spacial score (nSPS) is 15.0. The topological polar surface area (TPSA) is 95.9 Å². The van der Waals surface area contributed by atoms with E-state index in [-0.39, 0.29) is 18.9 Å². The Labute approximate surface area is 194 Å². The van der Waals surface area contributed by atoms with Crippen LogP contribution >= 0.6 is 0 Å². The number of benzene rings is 2. The van der Waals surface area contributed by atoms with Crippen molar-refractivity contribution in [3.8, 4) is 11.1 Å². The van der Waals surface area contributed by atoms with Crippen molar-refractivity contribution in [2.24, 2.45) is 0 Å². The number of carbonyl (C=O) groups is 3. The van der Waals surface area contributed by atoms with E-state index in [1.807, 2.05) is 43.3 Å².